The Bertz CT molecular complexity index is 489. The van der Waals surface area contributed by atoms with Crippen LogP contribution in [-0.4, -0.2) is 7.11 Å². The van der Waals surface area contributed by atoms with Crippen molar-refractivity contribution >= 4 is 0 Å². The van der Waals surface area contributed by atoms with Crippen LogP contribution >= 0.6 is 0 Å². The van der Waals surface area contributed by atoms with Gasteiger partial charge in [0, 0.05) is 0 Å². The van der Waals surface area contributed by atoms with Gasteiger partial charge in [0.1, 0.15) is 5.75 Å². The number of ether oxygens (including phenoxy) is 2. The lowest BCUT2D eigenvalue weighted by Gasteiger charge is -2.07. The Balaban J connectivity index is 1.86. The van der Waals surface area contributed by atoms with Crippen molar-refractivity contribution in [2.45, 2.75) is 20.1 Å². The van der Waals surface area contributed by atoms with Gasteiger partial charge in [0.2, 0.25) is 0 Å². The number of methoxy groups -OCH3 is 1. The molecule has 0 aliphatic rings. The largest absolute Gasteiger partial charge is 0.497 e. The van der Waals surface area contributed by atoms with Crippen LogP contribution in [-0.2, 0) is 18.0 Å². The topological polar surface area (TPSA) is 18.5 Å². The minimum atomic E-state index is 0.623. The van der Waals surface area contributed by atoms with E-state index in [1.165, 1.54) is 11.1 Å². The zero-order valence-corrected chi connectivity index (χ0v) is 10.8. The number of rotatable bonds is 5. The van der Waals surface area contributed by atoms with Crippen LogP contribution in [0.3, 0.4) is 0 Å². The molecule has 0 bridgehead atoms. The molecule has 0 saturated carbocycles. The van der Waals surface area contributed by atoms with Crippen LogP contribution in [0.1, 0.15) is 16.7 Å². The van der Waals surface area contributed by atoms with Crippen LogP contribution < -0.4 is 4.74 Å². The minimum Gasteiger partial charge on any atom is -0.497 e. The van der Waals surface area contributed by atoms with Crippen molar-refractivity contribution in [2.24, 2.45) is 0 Å². The Morgan fingerprint density at radius 1 is 0.889 bits per heavy atom. The smallest absolute Gasteiger partial charge is 0.118 e. The molecule has 0 N–H and O–H groups in total. The fraction of sp³-hybridized carbons (Fsp3) is 0.250. The molecule has 0 spiro atoms. The van der Waals surface area contributed by atoms with E-state index < -0.39 is 0 Å². The average molecular weight is 242 g/mol. The van der Waals surface area contributed by atoms with Gasteiger partial charge >= 0.3 is 0 Å². The van der Waals surface area contributed by atoms with Gasteiger partial charge in [-0.05, 0) is 35.7 Å². The Labute approximate surface area is 108 Å². The summed E-state index contributed by atoms with van der Waals surface area (Å²) in [7, 11) is 1.67. The lowest BCUT2D eigenvalue weighted by Crippen LogP contribution is -1.96. The highest BCUT2D eigenvalue weighted by molar-refractivity contribution is 5.27. The summed E-state index contributed by atoms with van der Waals surface area (Å²) in [6.45, 7) is 3.38. The van der Waals surface area contributed by atoms with E-state index in [4.69, 9.17) is 9.47 Å². The molecule has 0 aliphatic heterocycles. The zero-order chi connectivity index (χ0) is 12.8. The predicted octanol–water partition coefficient (Wildman–Crippen LogP) is 3.72. The molecule has 0 fully saturated rings. The molecule has 2 heteroatoms. The van der Waals surface area contributed by atoms with Gasteiger partial charge < -0.3 is 9.47 Å². The van der Waals surface area contributed by atoms with E-state index in [1.807, 2.05) is 36.4 Å². The molecule has 2 aromatic rings. The fourth-order valence-corrected chi connectivity index (χ4v) is 1.77. The first-order valence-electron chi connectivity index (χ1n) is 6.05. The van der Waals surface area contributed by atoms with Crippen LogP contribution in [0.2, 0.25) is 0 Å². The summed E-state index contributed by atoms with van der Waals surface area (Å²) in [6.07, 6.45) is 0. The fourth-order valence-electron chi connectivity index (χ4n) is 1.77. The molecule has 0 atom stereocenters. The molecule has 0 radical (unpaired) electrons. The quantitative estimate of drug-likeness (QED) is 0.795. The van der Waals surface area contributed by atoms with Crippen molar-refractivity contribution in [3.8, 4) is 5.75 Å². The summed E-state index contributed by atoms with van der Waals surface area (Å²) < 4.78 is 10.8. The molecule has 0 aliphatic carbocycles. The first-order valence-corrected chi connectivity index (χ1v) is 6.05. The average Bonchev–Trinajstić information content (AvgIpc) is 2.42. The molecule has 0 amide bonds. The van der Waals surface area contributed by atoms with Gasteiger partial charge in [-0.2, -0.15) is 0 Å². The van der Waals surface area contributed by atoms with E-state index >= 15 is 0 Å². The van der Waals surface area contributed by atoms with E-state index in [0.29, 0.717) is 13.2 Å². The summed E-state index contributed by atoms with van der Waals surface area (Å²) in [6, 6.07) is 16.2. The highest BCUT2D eigenvalue weighted by Crippen LogP contribution is 2.13. The summed E-state index contributed by atoms with van der Waals surface area (Å²) in [5.74, 6) is 0.873. The van der Waals surface area contributed by atoms with Crippen molar-refractivity contribution in [3.63, 3.8) is 0 Å². The lowest BCUT2D eigenvalue weighted by molar-refractivity contribution is 0.107. The molecular formula is C16H18O2. The van der Waals surface area contributed by atoms with Crippen molar-refractivity contribution < 1.29 is 9.47 Å². The molecule has 0 heterocycles. The van der Waals surface area contributed by atoms with Crippen molar-refractivity contribution in [1.29, 1.82) is 0 Å². The van der Waals surface area contributed by atoms with Crippen LogP contribution in [0.15, 0.2) is 48.5 Å². The highest BCUT2D eigenvalue weighted by atomic mass is 16.5. The van der Waals surface area contributed by atoms with E-state index in [0.717, 1.165) is 11.3 Å². The number of hydrogen-bond donors (Lipinski definition) is 0. The Kier molecular flexibility index (Phi) is 4.37. The molecule has 2 nitrogen and oxygen atoms in total. The van der Waals surface area contributed by atoms with E-state index in [2.05, 4.69) is 19.1 Å². The third-order valence-corrected chi connectivity index (χ3v) is 2.95. The number of aryl methyl sites for hydroxylation is 1. The summed E-state index contributed by atoms with van der Waals surface area (Å²) in [5, 5.41) is 0. The Hall–Kier alpha value is -1.80. The minimum absolute atomic E-state index is 0.623. The van der Waals surface area contributed by atoms with Gasteiger partial charge in [0.15, 0.2) is 0 Å². The van der Waals surface area contributed by atoms with Crippen LogP contribution in [0.4, 0.5) is 0 Å². The lowest BCUT2D eigenvalue weighted by atomic mass is 10.1. The SMILES string of the molecule is COc1ccc(COCc2ccccc2C)cc1. The maximum atomic E-state index is 5.72. The maximum absolute atomic E-state index is 5.72. The van der Waals surface area contributed by atoms with Crippen molar-refractivity contribution in [2.75, 3.05) is 7.11 Å². The first kappa shape index (κ1) is 12.7. The Morgan fingerprint density at radius 2 is 1.61 bits per heavy atom. The second kappa shape index (κ2) is 6.22. The second-order valence-electron chi connectivity index (χ2n) is 4.27. The van der Waals surface area contributed by atoms with E-state index in [-0.39, 0.29) is 0 Å². The standard InChI is InChI=1S/C16H18O2/c1-13-5-3-4-6-15(13)12-18-11-14-7-9-16(17-2)10-8-14/h3-10H,11-12H2,1-2H3. The van der Waals surface area contributed by atoms with Crippen LogP contribution in [0.5, 0.6) is 5.75 Å². The van der Waals surface area contributed by atoms with Crippen LogP contribution in [0.25, 0.3) is 0 Å². The monoisotopic (exact) mass is 242 g/mol. The molecule has 94 valence electrons. The first-order chi connectivity index (χ1) is 8.79. The van der Waals surface area contributed by atoms with E-state index in [9.17, 15) is 0 Å². The van der Waals surface area contributed by atoms with Gasteiger partial charge in [-0.15, -0.1) is 0 Å². The second-order valence-corrected chi connectivity index (χ2v) is 4.27. The number of hydrogen-bond acceptors (Lipinski definition) is 2. The van der Waals surface area contributed by atoms with Gasteiger partial charge in [-0.25, -0.2) is 0 Å². The zero-order valence-electron chi connectivity index (χ0n) is 10.8. The van der Waals surface area contributed by atoms with Crippen molar-refractivity contribution in [3.05, 3.63) is 65.2 Å². The highest BCUT2D eigenvalue weighted by Gasteiger charge is 1.98. The van der Waals surface area contributed by atoms with Crippen LogP contribution in [0, 0.1) is 6.92 Å². The third kappa shape index (κ3) is 3.34. The molecular weight excluding hydrogens is 224 g/mol. The predicted molar refractivity (Wildman–Crippen MR) is 72.7 cm³/mol. The molecule has 0 unspecified atom stereocenters. The van der Waals surface area contributed by atoms with Crippen molar-refractivity contribution in [1.82, 2.24) is 0 Å². The van der Waals surface area contributed by atoms with Gasteiger partial charge in [-0.1, -0.05) is 36.4 Å². The Morgan fingerprint density at radius 3 is 2.28 bits per heavy atom. The van der Waals surface area contributed by atoms with E-state index in [1.54, 1.807) is 7.11 Å². The summed E-state index contributed by atoms with van der Waals surface area (Å²) in [4.78, 5) is 0. The third-order valence-electron chi connectivity index (χ3n) is 2.95. The molecule has 2 rings (SSSR count). The number of benzene rings is 2. The molecule has 2 aromatic carbocycles. The maximum Gasteiger partial charge on any atom is 0.118 e. The molecule has 0 aromatic heterocycles. The molecule has 18 heavy (non-hydrogen) atoms. The normalized spacial score (nSPS) is 10.3. The summed E-state index contributed by atoms with van der Waals surface area (Å²) >= 11 is 0. The van der Waals surface area contributed by atoms with Gasteiger partial charge in [0.25, 0.3) is 0 Å². The summed E-state index contributed by atoms with van der Waals surface area (Å²) in [5.41, 5.74) is 3.67. The van der Waals surface area contributed by atoms with Gasteiger partial charge in [0.05, 0.1) is 20.3 Å². The molecule has 0 saturated heterocycles. The van der Waals surface area contributed by atoms with Gasteiger partial charge in [-0.3, -0.25) is 0 Å².